The van der Waals surface area contributed by atoms with Gasteiger partial charge < -0.3 is 14.2 Å². The van der Waals surface area contributed by atoms with Crippen molar-refractivity contribution in [1.29, 1.82) is 0 Å². The van der Waals surface area contributed by atoms with Gasteiger partial charge in [0.15, 0.2) is 17.5 Å². The number of hydrogen-bond donors (Lipinski definition) is 0. The lowest BCUT2D eigenvalue weighted by Crippen LogP contribution is -2.10. The second kappa shape index (κ2) is 18.5. The Morgan fingerprint density at radius 1 is 0.267 bits per heavy atom. The van der Waals surface area contributed by atoms with Crippen LogP contribution in [0.25, 0.3) is 106 Å². The van der Waals surface area contributed by atoms with Gasteiger partial charge in [0.05, 0.1) is 11.0 Å². The van der Waals surface area contributed by atoms with Crippen LogP contribution in [0.1, 0.15) is 0 Å². The van der Waals surface area contributed by atoms with Gasteiger partial charge in [-0.1, -0.05) is 182 Å². The largest absolute Gasteiger partial charge is 0.457 e. The first-order valence-electron chi connectivity index (χ1n) is 25.2. The zero-order valence-electron chi connectivity index (χ0n) is 40.6. The summed E-state index contributed by atoms with van der Waals surface area (Å²) in [6.07, 6.45) is 0. The molecule has 0 spiro atoms. The molecule has 0 radical (unpaired) electrons. The topological polar surface area (TPSA) is 56.1 Å². The molecule has 2 aliphatic heterocycles. The molecule has 0 saturated heterocycles. The van der Waals surface area contributed by atoms with Crippen molar-refractivity contribution < 1.29 is 4.74 Å². The van der Waals surface area contributed by atoms with Crippen molar-refractivity contribution in [3.63, 3.8) is 0 Å². The van der Waals surface area contributed by atoms with Crippen LogP contribution in [-0.2, 0) is 0 Å². The fraction of sp³-hybridized carbons (Fsp3) is 0. The van der Waals surface area contributed by atoms with Gasteiger partial charge in [-0.3, -0.25) is 0 Å². The second-order valence-corrected chi connectivity index (χ2v) is 18.8. The maximum absolute atomic E-state index is 6.37. The summed E-state index contributed by atoms with van der Waals surface area (Å²) in [6, 6.07) is 96.4. The molecule has 0 N–H and O–H groups in total. The van der Waals surface area contributed by atoms with Gasteiger partial charge >= 0.3 is 0 Å². The number of hydrogen-bond acceptors (Lipinski definition) is 5. The third-order valence-corrected chi connectivity index (χ3v) is 14.2. The third kappa shape index (κ3) is 8.08. The predicted molar refractivity (Wildman–Crippen MR) is 307 cm³/mol. The number of aromatic nitrogens is 4. The Morgan fingerprint density at radius 2 is 0.760 bits per heavy atom. The smallest absolute Gasteiger partial charge is 0.164 e. The fourth-order valence-corrected chi connectivity index (χ4v) is 10.7. The lowest BCUT2D eigenvalue weighted by Gasteiger charge is -2.27. The normalized spacial score (nSPS) is 11.7. The van der Waals surface area contributed by atoms with Gasteiger partial charge in [-0.05, 0) is 136 Å². The summed E-state index contributed by atoms with van der Waals surface area (Å²) in [5.41, 5.74) is 17.8. The van der Waals surface area contributed by atoms with Gasteiger partial charge in [0.25, 0.3) is 0 Å². The molecule has 0 atom stereocenters. The number of benzene rings is 11. The minimum Gasteiger partial charge on any atom is -0.457 e. The number of anilines is 3. The standard InChI is InChI=1S/C69H45N5O/c1-4-17-47(18-5-1)67-70-68-48-35-33-46(34-36-48)49-19-14-21-51(41-49)63-44-57(45-65-66(63)62-31-12-13-32-64(62)74(65)54-24-6-2-7-25-54)73(55-37-39-59(40-38-55)75-58-27-8-3-9-28-58)56-26-16-22-52(43-56)61-30-11-10-29-60(61)50-20-15-23-53(42-50)69(71-67)72-68/h1-45H. The van der Waals surface area contributed by atoms with Crippen LogP contribution in [0.5, 0.6) is 11.5 Å². The first kappa shape index (κ1) is 43.6. The fourth-order valence-electron chi connectivity index (χ4n) is 10.7. The van der Waals surface area contributed by atoms with E-state index in [0.717, 1.165) is 106 Å². The van der Waals surface area contributed by atoms with Crippen LogP contribution in [0.3, 0.4) is 0 Å². The molecule has 6 nitrogen and oxygen atoms in total. The quantitative estimate of drug-likeness (QED) is 0.172. The van der Waals surface area contributed by atoms with Crippen LogP contribution in [-0.4, -0.2) is 19.5 Å². The lowest BCUT2D eigenvalue weighted by molar-refractivity contribution is 0.483. The van der Waals surface area contributed by atoms with E-state index in [1.165, 1.54) is 10.8 Å². The number of para-hydroxylation sites is 3. The van der Waals surface area contributed by atoms with E-state index in [-0.39, 0.29) is 0 Å². The van der Waals surface area contributed by atoms with Gasteiger partial charge in [-0.2, -0.15) is 0 Å². The zero-order chi connectivity index (χ0) is 49.7. The number of rotatable bonds is 5. The Bertz CT molecular complexity index is 4250. The molecule has 15 rings (SSSR count). The van der Waals surface area contributed by atoms with Gasteiger partial charge in [0, 0.05) is 50.2 Å². The Morgan fingerprint density at radius 3 is 1.48 bits per heavy atom. The molecular weight excluding hydrogens is 915 g/mol. The van der Waals surface area contributed by atoms with Crippen molar-refractivity contribution in [2.24, 2.45) is 0 Å². The second-order valence-electron chi connectivity index (χ2n) is 18.8. The molecule has 0 saturated carbocycles. The van der Waals surface area contributed by atoms with Crippen LogP contribution in [0.4, 0.5) is 17.1 Å². The van der Waals surface area contributed by atoms with E-state index in [9.17, 15) is 0 Å². The Labute approximate surface area is 434 Å². The molecule has 0 fully saturated rings. The molecule has 2 aromatic heterocycles. The summed E-state index contributed by atoms with van der Waals surface area (Å²) in [5.74, 6) is 3.38. The molecule has 4 heterocycles. The number of ether oxygens (including phenoxy) is 1. The summed E-state index contributed by atoms with van der Waals surface area (Å²) >= 11 is 0. The molecule has 75 heavy (non-hydrogen) atoms. The van der Waals surface area contributed by atoms with Gasteiger partial charge in [0.1, 0.15) is 11.5 Å². The van der Waals surface area contributed by atoms with E-state index >= 15 is 0 Å². The molecular formula is C69H45N5O. The van der Waals surface area contributed by atoms with E-state index in [2.05, 4.69) is 222 Å². The minimum absolute atomic E-state index is 0.607. The number of nitrogens with zero attached hydrogens (tertiary/aromatic N) is 5. The lowest BCUT2D eigenvalue weighted by atomic mass is 9.93. The molecule has 11 aromatic carbocycles. The van der Waals surface area contributed by atoms with Crippen molar-refractivity contribution in [2.45, 2.75) is 0 Å². The molecule has 0 amide bonds. The maximum Gasteiger partial charge on any atom is 0.164 e. The van der Waals surface area contributed by atoms with Crippen molar-refractivity contribution >= 4 is 38.9 Å². The van der Waals surface area contributed by atoms with Crippen LogP contribution >= 0.6 is 0 Å². The molecule has 0 unspecified atom stereocenters. The summed E-state index contributed by atoms with van der Waals surface area (Å²) < 4.78 is 8.78. The minimum atomic E-state index is 0.607. The van der Waals surface area contributed by atoms with Crippen LogP contribution < -0.4 is 9.64 Å². The van der Waals surface area contributed by atoms with Crippen molar-refractivity contribution in [1.82, 2.24) is 19.5 Å². The highest BCUT2D eigenvalue weighted by Gasteiger charge is 2.23. The van der Waals surface area contributed by atoms with Crippen LogP contribution in [0, 0.1) is 0 Å². The van der Waals surface area contributed by atoms with E-state index in [0.29, 0.717) is 17.5 Å². The summed E-state index contributed by atoms with van der Waals surface area (Å²) in [7, 11) is 0. The van der Waals surface area contributed by atoms with Crippen molar-refractivity contribution in [3.05, 3.63) is 273 Å². The molecule has 6 heteroatoms. The average molecular weight is 960 g/mol. The first-order chi connectivity index (χ1) is 37.1. The Kier molecular flexibility index (Phi) is 10.7. The highest BCUT2D eigenvalue weighted by atomic mass is 16.5. The summed E-state index contributed by atoms with van der Waals surface area (Å²) in [6.45, 7) is 0. The molecule has 13 aromatic rings. The predicted octanol–water partition coefficient (Wildman–Crippen LogP) is 18.2. The van der Waals surface area contributed by atoms with E-state index in [1.807, 2.05) is 60.7 Å². The third-order valence-electron chi connectivity index (χ3n) is 14.2. The maximum atomic E-state index is 6.37. The summed E-state index contributed by atoms with van der Waals surface area (Å²) in [5, 5.41) is 2.36. The van der Waals surface area contributed by atoms with Gasteiger partial charge in [-0.15, -0.1) is 0 Å². The van der Waals surface area contributed by atoms with Crippen molar-refractivity contribution in [2.75, 3.05) is 4.90 Å². The van der Waals surface area contributed by atoms with E-state index in [4.69, 9.17) is 19.7 Å². The molecule has 0 aliphatic carbocycles. The van der Waals surface area contributed by atoms with E-state index < -0.39 is 0 Å². The Balaban J connectivity index is 1.05. The Hall–Kier alpha value is -10.2. The number of fused-ring (bicyclic) bond motifs is 5. The SMILES string of the molecule is c1ccc(Oc2ccc(N3c4cccc(c4)-c4ccccc4-c4cccc(c4)-c4nc(-c5ccccc5)nc(n4)-c4ccc(cc4)-c4cccc(c4)-c4cc3cc3c4c4ccccc4n3-c3ccccc3)cc2)cc1. The summed E-state index contributed by atoms with van der Waals surface area (Å²) in [4.78, 5) is 17.8. The van der Waals surface area contributed by atoms with Crippen molar-refractivity contribution in [3.8, 4) is 95.9 Å². The van der Waals surface area contributed by atoms with E-state index in [1.54, 1.807) is 0 Å². The van der Waals surface area contributed by atoms with Crippen LogP contribution in [0.15, 0.2) is 273 Å². The highest BCUT2D eigenvalue weighted by molar-refractivity contribution is 6.17. The molecule has 2 aliphatic rings. The molecule has 12 bridgehead atoms. The zero-order valence-corrected chi connectivity index (χ0v) is 40.6. The van der Waals surface area contributed by atoms with Gasteiger partial charge in [-0.25, -0.2) is 15.0 Å². The first-order valence-corrected chi connectivity index (χ1v) is 25.2. The average Bonchev–Trinajstić information content (AvgIpc) is 3.88. The van der Waals surface area contributed by atoms with Gasteiger partial charge in [0.2, 0.25) is 0 Å². The van der Waals surface area contributed by atoms with Crippen LogP contribution in [0.2, 0.25) is 0 Å². The highest BCUT2D eigenvalue weighted by Crippen LogP contribution is 2.47. The molecule has 352 valence electrons. The monoisotopic (exact) mass is 959 g/mol.